The smallest absolute Gasteiger partial charge is 0.298 e. The number of aromatic hydroxyl groups is 1. The highest BCUT2D eigenvalue weighted by Crippen LogP contribution is 2.39. The number of nitrogens with zero attached hydrogens (tertiary/aromatic N) is 4. The molecule has 26 heavy (non-hydrogen) atoms. The van der Waals surface area contributed by atoms with Crippen LogP contribution in [0.2, 0.25) is 0 Å². The molecule has 0 aliphatic heterocycles. The molecule has 0 amide bonds. The van der Waals surface area contributed by atoms with Crippen LogP contribution in [0.25, 0.3) is 10.8 Å². The summed E-state index contributed by atoms with van der Waals surface area (Å²) in [6.45, 7) is 0. The second-order valence-corrected chi connectivity index (χ2v) is 5.94. The van der Waals surface area contributed by atoms with Gasteiger partial charge in [0.1, 0.15) is 11.4 Å². The van der Waals surface area contributed by atoms with Crippen molar-refractivity contribution in [2.45, 2.75) is 0 Å². The van der Waals surface area contributed by atoms with Gasteiger partial charge in [-0.15, -0.1) is 10.2 Å². The maximum Gasteiger partial charge on any atom is 0.298 e. The normalized spacial score (nSPS) is 11.2. The lowest BCUT2D eigenvalue weighted by molar-refractivity contribution is -0.384. The number of phenolic OH excluding ortho intramolecular Hbond substituents is 1. The molecular formula is C18H17N5O3. The molecule has 132 valence electrons. The number of rotatable bonds is 4. The predicted molar refractivity (Wildman–Crippen MR) is 102 cm³/mol. The fraction of sp³-hybridized carbons (Fsp3) is 0.111. The molecule has 3 aromatic rings. The Morgan fingerprint density at radius 3 is 2.50 bits per heavy atom. The van der Waals surface area contributed by atoms with E-state index in [2.05, 4.69) is 10.2 Å². The van der Waals surface area contributed by atoms with Crippen molar-refractivity contribution >= 4 is 39.2 Å². The van der Waals surface area contributed by atoms with E-state index in [-0.39, 0.29) is 28.5 Å². The number of nitrogens with two attached hydrogens (primary N) is 1. The molecule has 0 spiro atoms. The van der Waals surface area contributed by atoms with Crippen LogP contribution in [0.4, 0.5) is 28.4 Å². The van der Waals surface area contributed by atoms with Gasteiger partial charge < -0.3 is 15.7 Å². The van der Waals surface area contributed by atoms with Crippen molar-refractivity contribution in [1.82, 2.24) is 0 Å². The molecule has 0 saturated carbocycles. The van der Waals surface area contributed by atoms with Gasteiger partial charge in [-0.2, -0.15) is 0 Å². The third-order valence-corrected chi connectivity index (χ3v) is 3.93. The highest BCUT2D eigenvalue weighted by molar-refractivity contribution is 5.97. The van der Waals surface area contributed by atoms with E-state index >= 15 is 0 Å². The Morgan fingerprint density at radius 1 is 1.08 bits per heavy atom. The van der Waals surface area contributed by atoms with Crippen LogP contribution in [0.15, 0.2) is 58.8 Å². The molecule has 8 nitrogen and oxygen atoms in total. The third-order valence-electron chi connectivity index (χ3n) is 3.93. The highest BCUT2D eigenvalue weighted by Gasteiger charge is 2.14. The largest absolute Gasteiger partial charge is 0.506 e. The second-order valence-electron chi connectivity index (χ2n) is 5.94. The van der Waals surface area contributed by atoms with Gasteiger partial charge in [0.2, 0.25) is 0 Å². The fourth-order valence-corrected chi connectivity index (χ4v) is 2.54. The quantitative estimate of drug-likeness (QED) is 0.310. The summed E-state index contributed by atoms with van der Waals surface area (Å²) in [7, 11) is 3.81. The minimum absolute atomic E-state index is 0.0596. The number of nitro benzene ring substituents is 1. The SMILES string of the molecule is CN(C)c1ccc2ccc(O)c(N=Nc3ccc(N)cc3[N+](=O)[O-])c2c1. The second kappa shape index (κ2) is 6.67. The minimum Gasteiger partial charge on any atom is -0.506 e. The predicted octanol–water partition coefficient (Wildman–Crippen LogP) is 4.52. The Kier molecular flexibility index (Phi) is 4.40. The van der Waals surface area contributed by atoms with Gasteiger partial charge >= 0.3 is 0 Å². The van der Waals surface area contributed by atoms with Gasteiger partial charge in [0, 0.05) is 36.9 Å². The monoisotopic (exact) mass is 351 g/mol. The van der Waals surface area contributed by atoms with E-state index in [1.54, 1.807) is 6.07 Å². The number of fused-ring (bicyclic) bond motifs is 1. The zero-order chi connectivity index (χ0) is 18.8. The maximum absolute atomic E-state index is 11.2. The number of azo groups is 1. The van der Waals surface area contributed by atoms with Crippen LogP contribution in [0, 0.1) is 10.1 Å². The van der Waals surface area contributed by atoms with Gasteiger partial charge in [0.25, 0.3) is 5.69 Å². The number of hydrogen-bond donors (Lipinski definition) is 2. The molecule has 0 atom stereocenters. The molecule has 8 heteroatoms. The zero-order valence-electron chi connectivity index (χ0n) is 14.2. The number of phenols is 1. The number of hydrogen-bond acceptors (Lipinski definition) is 7. The maximum atomic E-state index is 11.2. The summed E-state index contributed by atoms with van der Waals surface area (Å²) in [4.78, 5) is 12.5. The number of anilines is 2. The number of nitrogen functional groups attached to an aromatic ring is 1. The summed E-state index contributed by atoms with van der Waals surface area (Å²) in [6.07, 6.45) is 0. The zero-order valence-corrected chi connectivity index (χ0v) is 14.2. The van der Waals surface area contributed by atoms with Crippen molar-refractivity contribution in [2.24, 2.45) is 10.2 Å². The topological polar surface area (TPSA) is 117 Å². The van der Waals surface area contributed by atoms with Crippen molar-refractivity contribution in [1.29, 1.82) is 0 Å². The van der Waals surface area contributed by atoms with Crippen LogP contribution >= 0.6 is 0 Å². The molecule has 0 unspecified atom stereocenters. The molecular weight excluding hydrogens is 334 g/mol. The summed E-state index contributed by atoms with van der Waals surface area (Å²) in [5.41, 5.74) is 6.85. The first-order valence-corrected chi connectivity index (χ1v) is 7.75. The van der Waals surface area contributed by atoms with E-state index in [1.165, 1.54) is 24.3 Å². The van der Waals surface area contributed by atoms with E-state index in [1.807, 2.05) is 37.2 Å². The van der Waals surface area contributed by atoms with Crippen LogP contribution in [-0.2, 0) is 0 Å². The minimum atomic E-state index is -0.572. The van der Waals surface area contributed by atoms with Crippen molar-refractivity contribution in [2.75, 3.05) is 24.7 Å². The Labute approximate surface area is 149 Å². The molecule has 0 saturated heterocycles. The van der Waals surface area contributed by atoms with Gasteiger partial charge in [0.15, 0.2) is 5.69 Å². The van der Waals surface area contributed by atoms with Crippen LogP contribution in [0.3, 0.4) is 0 Å². The first-order valence-electron chi connectivity index (χ1n) is 7.75. The molecule has 3 rings (SSSR count). The van der Waals surface area contributed by atoms with Crippen LogP contribution in [0.5, 0.6) is 5.75 Å². The lowest BCUT2D eigenvalue weighted by Gasteiger charge is -2.14. The number of nitro groups is 1. The Balaban J connectivity index is 2.14. The Morgan fingerprint density at radius 2 is 1.81 bits per heavy atom. The molecule has 0 heterocycles. The Bertz CT molecular complexity index is 1030. The summed E-state index contributed by atoms with van der Waals surface area (Å²) in [5.74, 6) is -0.0599. The first kappa shape index (κ1) is 17.2. The van der Waals surface area contributed by atoms with Gasteiger partial charge in [-0.3, -0.25) is 10.1 Å². The standard InChI is InChI=1S/C18H17N5O3/c1-22(2)13-6-3-11-4-8-17(24)18(14(11)10-13)21-20-15-7-5-12(19)9-16(15)23(25)26/h3-10,24H,19H2,1-2H3. The van der Waals surface area contributed by atoms with Crippen molar-refractivity contribution in [3.63, 3.8) is 0 Å². The first-order chi connectivity index (χ1) is 12.4. The molecule has 0 aliphatic carbocycles. The third kappa shape index (κ3) is 3.25. The molecule has 0 fully saturated rings. The van der Waals surface area contributed by atoms with E-state index in [0.717, 1.165) is 11.1 Å². The molecule has 3 aromatic carbocycles. The lowest BCUT2D eigenvalue weighted by atomic mass is 10.1. The molecule has 0 bridgehead atoms. The van der Waals surface area contributed by atoms with E-state index in [9.17, 15) is 15.2 Å². The summed E-state index contributed by atoms with van der Waals surface area (Å²) in [5, 5.41) is 31.0. The van der Waals surface area contributed by atoms with Crippen LogP contribution in [0.1, 0.15) is 0 Å². The average molecular weight is 351 g/mol. The van der Waals surface area contributed by atoms with Gasteiger partial charge in [-0.05, 0) is 35.7 Å². The lowest BCUT2D eigenvalue weighted by Crippen LogP contribution is -2.07. The fourth-order valence-electron chi connectivity index (χ4n) is 2.54. The van der Waals surface area contributed by atoms with Crippen molar-refractivity contribution in [3.05, 3.63) is 58.6 Å². The average Bonchev–Trinajstić information content (AvgIpc) is 2.61. The van der Waals surface area contributed by atoms with Gasteiger partial charge in [-0.1, -0.05) is 12.1 Å². The molecule has 0 aliphatic rings. The number of benzene rings is 3. The van der Waals surface area contributed by atoms with E-state index in [0.29, 0.717) is 5.39 Å². The molecule has 3 N–H and O–H groups in total. The van der Waals surface area contributed by atoms with Crippen LogP contribution in [-0.4, -0.2) is 24.1 Å². The van der Waals surface area contributed by atoms with Gasteiger partial charge in [-0.25, -0.2) is 0 Å². The highest BCUT2D eigenvalue weighted by atomic mass is 16.6. The summed E-state index contributed by atoms with van der Waals surface area (Å²) < 4.78 is 0. The molecule has 0 aromatic heterocycles. The molecule has 0 radical (unpaired) electrons. The van der Waals surface area contributed by atoms with Crippen molar-refractivity contribution in [3.8, 4) is 5.75 Å². The summed E-state index contributed by atoms with van der Waals surface area (Å²) >= 11 is 0. The van der Waals surface area contributed by atoms with Crippen molar-refractivity contribution < 1.29 is 10.0 Å². The Hall–Kier alpha value is -3.68. The van der Waals surface area contributed by atoms with E-state index in [4.69, 9.17) is 5.73 Å². The van der Waals surface area contributed by atoms with Gasteiger partial charge in [0.05, 0.1) is 4.92 Å². The van der Waals surface area contributed by atoms with Crippen LogP contribution < -0.4 is 10.6 Å². The summed E-state index contributed by atoms with van der Waals surface area (Å²) in [6, 6.07) is 13.2. The van der Waals surface area contributed by atoms with E-state index < -0.39 is 4.92 Å².